The van der Waals surface area contributed by atoms with Crippen LogP contribution in [0.25, 0.3) is 0 Å². The molecule has 1 rings (SSSR count). The van der Waals surface area contributed by atoms with Gasteiger partial charge in [-0.2, -0.15) is 0 Å². The summed E-state index contributed by atoms with van der Waals surface area (Å²) in [6.07, 6.45) is 6.82. The van der Waals surface area contributed by atoms with Crippen LogP contribution in [0, 0.1) is 5.92 Å². The Morgan fingerprint density at radius 2 is 1.93 bits per heavy atom. The maximum atomic E-state index is 12.0. The van der Waals surface area contributed by atoms with Crippen molar-refractivity contribution in [3.05, 3.63) is 0 Å². The number of carbonyl (C=O) groups excluding carboxylic acids is 1. The van der Waals surface area contributed by atoms with Crippen molar-refractivity contribution in [3.63, 3.8) is 0 Å². The normalized spacial score (nSPS) is 17.3. The highest BCUT2D eigenvalue weighted by Gasteiger charge is 2.24. The Bertz CT molecular complexity index is 195. The van der Waals surface area contributed by atoms with Crippen LogP contribution in [0.1, 0.15) is 59.3 Å². The number of rotatable bonds is 5. The molecular weight excluding hydrogens is 186 g/mol. The van der Waals surface area contributed by atoms with Gasteiger partial charge in [-0.1, -0.05) is 26.7 Å². The number of hydrogen-bond acceptors (Lipinski definition) is 1. The van der Waals surface area contributed by atoms with Crippen LogP contribution in [0.2, 0.25) is 0 Å². The second-order valence-electron chi connectivity index (χ2n) is 5.05. The van der Waals surface area contributed by atoms with Gasteiger partial charge in [0.1, 0.15) is 0 Å². The van der Waals surface area contributed by atoms with Gasteiger partial charge >= 0.3 is 0 Å². The molecular formula is C13H25NO. The first-order valence-corrected chi connectivity index (χ1v) is 6.44. The van der Waals surface area contributed by atoms with Gasteiger partial charge in [-0.15, -0.1) is 0 Å². The fraction of sp³-hybridized carbons (Fsp3) is 0.923. The maximum absolute atomic E-state index is 12.0. The predicted molar refractivity (Wildman–Crippen MR) is 63.7 cm³/mol. The van der Waals surface area contributed by atoms with Crippen molar-refractivity contribution < 1.29 is 4.79 Å². The van der Waals surface area contributed by atoms with Crippen molar-refractivity contribution in [1.29, 1.82) is 0 Å². The highest BCUT2D eigenvalue weighted by Crippen LogP contribution is 2.24. The summed E-state index contributed by atoms with van der Waals surface area (Å²) in [5, 5.41) is 0. The molecule has 0 spiro atoms. The number of nitrogens with zero attached hydrogens (tertiary/aromatic N) is 1. The van der Waals surface area contributed by atoms with E-state index in [1.165, 1.54) is 25.7 Å². The number of amides is 1. The van der Waals surface area contributed by atoms with Crippen LogP contribution in [-0.4, -0.2) is 23.4 Å². The maximum Gasteiger partial charge on any atom is 0.222 e. The summed E-state index contributed by atoms with van der Waals surface area (Å²) in [6.45, 7) is 7.35. The minimum Gasteiger partial charge on any atom is -0.340 e. The van der Waals surface area contributed by atoms with Crippen LogP contribution in [0.15, 0.2) is 0 Å². The summed E-state index contributed by atoms with van der Waals surface area (Å²) >= 11 is 0. The van der Waals surface area contributed by atoms with Gasteiger partial charge in [-0.25, -0.2) is 0 Å². The third kappa shape index (κ3) is 3.84. The average molecular weight is 211 g/mol. The van der Waals surface area contributed by atoms with E-state index in [1.807, 2.05) is 0 Å². The molecule has 0 aromatic carbocycles. The molecule has 0 unspecified atom stereocenters. The van der Waals surface area contributed by atoms with Crippen LogP contribution >= 0.6 is 0 Å². The quantitative estimate of drug-likeness (QED) is 0.684. The summed E-state index contributed by atoms with van der Waals surface area (Å²) in [4.78, 5) is 14.1. The fourth-order valence-electron chi connectivity index (χ4n) is 2.41. The van der Waals surface area contributed by atoms with Crippen molar-refractivity contribution in [3.8, 4) is 0 Å². The molecule has 1 aliphatic carbocycles. The number of hydrogen-bond donors (Lipinski definition) is 0. The largest absolute Gasteiger partial charge is 0.340 e. The lowest BCUT2D eigenvalue weighted by molar-refractivity contribution is -0.133. The molecule has 0 heterocycles. The molecule has 1 fully saturated rings. The predicted octanol–water partition coefficient (Wildman–Crippen LogP) is 3.21. The monoisotopic (exact) mass is 211 g/mol. The zero-order valence-corrected chi connectivity index (χ0v) is 10.5. The molecule has 1 saturated carbocycles. The van der Waals surface area contributed by atoms with E-state index < -0.39 is 0 Å². The van der Waals surface area contributed by atoms with Crippen LogP contribution in [0.3, 0.4) is 0 Å². The van der Waals surface area contributed by atoms with Gasteiger partial charge in [0.15, 0.2) is 0 Å². The zero-order chi connectivity index (χ0) is 11.3. The van der Waals surface area contributed by atoms with E-state index in [2.05, 4.69) is 25.7 Å². The van der Waals surface area contributed by atoms with Gasteiger partial charge in [0.05, 0.1) is 0 Å². The van der Waals surface area contributed by atoms with Crippen LogP contribution in [0.4, 0.5) is 0 Å². The molecule has 1 amide bonds. The van der Waals surface area contributed by atoms with E-state index in [0.29, 0.717) is 17.9 Å². The van der Waals surface area contributed by atoms with Crippen LogP contribution in [-0.2, 0) is 4.79 Å². The minimum absolute atomic E-state index is 0.373. The van der Waals surface area contributed by atoms with Crippen LogP contribution < -0.4 is 0 Å². The second kappa shape index (κ2) is 6.14. The summed E-state index contributed by atoms with van der Waals surface area (Å²) in [7, 11) is 0. The molecule has 0 atom stereocenters. The first-order chi connectivity index (χ1) is 7.15. The fourth-order valence-corrected chi connectivity index (χ4v) is 2.41. The van der Waals surface area contributed by atoms with Crippen molar-refractivity contribution in [1.82, 2.24) is 4.90 Å². The number of carbonyl (C=O) groups is 1. The van der Waals surface area contributed by atoms with Crippen molar-refractivity contribution in [2.75, 3.05) is 6.54 Å². The highest BCUT2D eigenvalue weighted by atomic mass is 16.2. The molecule has 0 aromatic rings. The SMILES string of the molecule is CCN(C(=O)CCC(C)C)C1CCCC1. The average Bonchev–Trinajstić information content (AvgIpc) is 2.69. The van der Waals surface area contributed by atoms with E-state index in [0.717, 1.165) is 19.4 Å². The highest BCUT2D eigenvalue weighted by molar-refractivity contribution is 5.76. The molecule has 0 N–H and O–H groups in total. The van der Waals surface area contributed by atoms with E-state index in [1.54, 1.807) is 0 Å². The van der Waals surface area contributed by atoms with E-state index in [4.69, 9.17) is 0 Å². The van der Waals surface area contributed by atoms with E-state index >= 15 is 0 Å². The van der Waals surface area contributed by atoms with Gasteiger partial charge < -0.3 is 4.90 Å². The summed E-state index contributed by atoms with van der Waals surface area (Å²) < 4.78 is 0. The van der Waals surface area contributed by atoms with Gasteiger partial charge in [0.2, 0.25) is 5.91 Å². The Morgan fingerprint density at radius 3 is 2.40 bits per heavy atom. The topological polar surface area (TPSA) is 20.3 Å². The summed E-state index contributed by atoms with van der Waals surface area (Å²) in [5.41, 5.74) is 0. The minimum atomic E-state index is 0.373. The first-order valence-electron chi connectivity index (χ1n) is 6.44. The Hall–Kier alpha value is -0.530. The molecule has 88 valence electrons. The first kappa shape index (κ1) is 12.5. The molecule has 0 saturated heterocycles. The van der Waals surface area contributed by atoms with Crippen molar-refractivity contribution in [2.24, 2.45) is 5.92 Å². The molecule has 1 aliphatic rings. The third-order valence-electron chi connectivity index (χ3n) is 3.36. The lowest BCUT2D eigenvalue weighted by Crippen LogP contribution is -2.38. The molecule has 0 radical (unpaired) electrons. The summed E-state index contributed by atoms with van der Waals surface area (Å²) in [5.74, 6) is 1.01. The standard InChI is InChI=1S/C13H25NO/c1-4-14(12-7-5-6-8-12)13(15)10-9-11(2)3/h11-12H,4-10H2,1-3H3. The van der Waals surface area contributed by atoms with Gasteiger partial charge in [0, 0.05) is 19.0 Å². The molecule has 0 aliphatic heterocycles. The molecule has 0 aromatic heterocycles. The van der Waals surface area contributed by atoms with Crippen molar-refractivity contribution in [2.45, 2.75) is 65.3 Å². The smallest absolute Gasteiger partial charge is 0.222 e. The lowest BCUT2D eigenvalue weighted by Gasteiger charge is -2.28. The summed E-state index contributed by atoms with van der Waals surface area (Å²) in [6, 6.07) is 0.551. The van der Waals surface area contributed by atoms with E-state index in [-0.39, 0.29) is 0 Å². The molecule has 15 heavy (non-hydrogen) atoms. The molecule has 0 bridgehead atoms. The molecule has 2 nitrogen and oxygen atoms in total. The van der Waals surface area contributed by atoms with Crippen molar-refractivity contribution >= 4 is 5.91 Å². The van der Waals surface area contributed by atoms with Gasteiger partial charge in [-0.05, 0) is 32.1 Å². The Morgan fingerprint density at radius 1 is 1.33 bits per heavy atom. The van der Waals surface area contributed by atoms with E-state index in [9.17, 15) is 4.79 Å². The second-order valence-corrected chi connectivity index (χ2v) is 5.05. The zero-order valence-electron chi connectivity index (χ0n) is 10.5. The third-order valence-corrected chi connectivity index (χ3v) is 3.36. The van der Waals surface area contributed by atoms with Crippen LogP contribution in [0.5, 0.6) is 0 Å². The lowest BCUT2D eigenvalue weighted by atomic mass is 10.1. The Labute approximate surface area is 94.0 Å². The Balaban J connectivity index is 2.39. The van der Waals surface area contributed by atoms with Gasteiger partial charge in [-0.3, -0.25) is 4.79 Å². The van der Waals surface area contributed by atoms with Gasteiger partial charge in [0.25, 0.3) is 0 Å². The molecule has 2 heteroatoms. The Kier molecular flexibility index (Phi) is 5.13.